The van der Waals surface area contributed by atoms with Crippen molar-refractivity contribution in [1.82, 2.24) is 4.72 Å². The normalized spacial score (nSPS) is 12.6. The summed E-state index contributed by atoms with van der Waals surface area (Å²) >= 11 is 7.70. The molecule has 0 aliphatic carbocycles. The Morgan fingerprint density at radius 2 is 2.19 bits per heavy atom. The second-order valence-electron chi connectivity index (χ2n) is 4.34. The molecule has 0 amide bonds. The molecule has 0 saturated heterocycles. The lowest BCUT2D eigenvalue weighted by Crippen LogP contribution is -2.26. The molecule has 0 radical (unpaired) electrons. The monoisotopic (exact) mass is 347 g/mol. The fraction of sp³-hybridized carbons (Fsp3) is 0.429. The number of aliphatic hydroxyl groups excluding tert-OH is 1. The predicted molar refractivity (Wildman–Crippen MR) is 88.2 cm³/mol. The Labute approximate surface area is 135 Å². The van der Waals surface area contributed by atoms with Gasteiger partial charge in [-0.25, -0.2) is 13.1 Å². The van der Waals surface area contributed by atoms with Crippen LogP contribution < -0.4 is 4.72 Å². The number of nitrogens with one attached hydrogen (secondary N) is 1. The summed E-state index contributed by atoms with van der Waals surface area (Å²) in [6, 6.07) is 4.46. The Kier molecular flexibility index (Phi) is 7.57. The maximum absolute atomic E-state index is 12.2. The van der Waals surface area contributed by atoms with Gasteiger partial charge in [0.2, 0.25) is 10.0 Å². The van der Waals surface area contributed by atoms with E-state index in [2.05, 4.69) is 16.6 Å². The molecule has 1 aromatic rings. The summed E-state index contributed by atoms with van der Waals surface area (Å²) in [6.07, 6.45) is 2.74. The van der Waals surface area contributed by atoms with Crippen LogP contribution in [0, 0.1) is 11.8 Å². The average Bonchev–Trinajstić information content (AvgIpc) is 2.44. The van der Waals surface area contributed by atoms with Gasteiger partial charge in [-0.1, -0.05) is 30.4 Å². The summed E-state index contributed by atoms with van der Waals surface area (Å²) in [6.45, 7) is 2.15. The Morgan fingerprint density at radius 3 is 2.76 bits per heavy atom. The van der Waals surface area contributed by atoms with Gasteiger partial charge in [-0.15, -0.1) is 0 Å². The van der Waals surface area contributed by atoms with E-state index in [0.29, 0.717) is 17.4 Å². The minimum Gasteiger partial charge on any atom is -0.384 e. The molecule has 0 aliphatic heterocycles. The number of benzene rings is 1. The average molecular weight is 348 g/mol. The molecule has 0 saturated carbocycles. The Hall–Kier alpha value is -0.710. The minimum absolute atomic E-state index is 0.0375. The van der Waals surface area contributed by atoms with Crippen molar-refractivity contribution in [3.63, 3.8) is 0 Å². The Morgan fingerprint density at radius 1 is 1.48 bits per heavy atom. The molecule has 2 N–H and O–H groups in total. The largest absolute Gasteiger partial charge is 0.384 e. The quantitative estimate of drug-likeness (QED) is 0.773. The highest BCUT2D eigenvalue weighted by molar-refractivity contribution is 7.99. The first-order chi connectivity index (χ1) is 9.90. The third-order valence-electron chi connectivity index (χ3n) is 2.78. The van der Waals surface area contributed by atoms with E-state index in [1.54, 1.807) is 17.8 Å². The van der Waals surface area contributed by atoms with E-state index in [4.69, 9.17) is 16.7 Å². The van der Waals surface area contributed by atoms with Crippen LogP contribution in [0.3, 0.4) is 0 Å². The molecule has 0 bridgehead atoms. The van der Waals surface area contributed by atoms with Crippen LogP contribution in [0.15, 0.2) is 23.1 Å². The Bertz CT molecular complexity index is 635. The van der Waals surface area contributed by atoms with Gasteiger partial charge in [0.25, 0.3) is 0 Å². The van der Waals surface area contributed by atoms with Gasteiger partial charge in [-0.05, 0) is 30.9 Å². The molecule has 1 atom stereocenters. The van der Waals surface area contributed by atoms with Crippen LogP contribution in [0.2, 0.25) is 5.02 Å². The van der Waals surface area contributed by atoms with Crippen molar-refractivity contribution in [2.24, 2.45) is 0 Å². The smallest absolute Gasteiger partial charge is 0.242 e. The molecule has 0 fully saturated rings. The summed E-state index contributed by atoms with van der Waals surface area (Å²) < 4.78 is 26.9. The van der Waals surface area contributed by atoms with E-state index >= 15 is 0 Å². The summed E-state index contributed by atoms with van der Waals surface area (Å²) in [4.78, 5) is 0.0375. The van der Waals surface area contributed by atoms with Gasteiger partial charge in [0.15, 0.2) is 0 Å². The second-order valence-corrected chi connectivity index (χ2v) is 7.76. The molecule has 1 aromatic carbocycles. The van der Waals surface area contributed by atoms with Crippen molar-refractivity contribution < 1.29 is 13.5 Å². The van der Waals surface area contributed by atoms with Crippen molar-refractivity contribution in [2.45, 2.75) is 23.5 Å². The number of hydrogen-bond acceptors (Lipinski definition) is 4. The molecule has 116 valence electrons. The van der Waals surface area contributed by atoms with E-state index in [1.807, 2.05) is 13.2 Å². The van der Waals surface area contributed by atoms with E-state index < -0.39 is 10.0 Å². The molecule has 0 aliphatic rings. The van der Waals surface area contributed by atoms with Crippen LogP contribution in [0.1, 0.15) is 18.9 Å². The van der Waals surface area contributed by atoms with Gasteiger partial charge in [-0.3, -0.25) is 0 Å². The zero-order valence-electron chi connectivity index (χ0n) is 11.9. The highest BCUT2D eigenvalue weighted by atomic mass is 35.5. The van der Waals surface area contributed by atoms with Crippen molar-refractivity contribution in [3.8, 4) is 11.8 Å². The van der Waals surface area contributed by atoms with Crippen LogP contribution in [0.5, 0.6) is 0 Å². The van der Waals surface area contributed by atoms with Crippen molar-refractivity contribution in [3.05, 3.63) is 28.8 Å². The molecule has 0 spiro atoms. The third kappa shape index (κ3) is 5.89. The minimum atomic E-state index is -3.62. The zero-order valence-corrected chi connectivity index (χ0v) is 14.3. The van der Waals surface area contributed by atoms with E-state index in [1.165, 1.54) is 12.1 Å². The SMILES string of the molecule is CSC(C)CCNS(=O)(=O)c1ccc(C#CCO)cc1Cl. The van der Waals surface area contributed by atoms with Crippen LogP contribution in [-0.2, 0) is 10.0 Å². The fourth-order valence-electron chi connectivity index (χ4n) is 1.53. The Balaban J connectivity index is 2.84. The maximum Gasteiger partial charge on any atom is 0.242 e. The van der Waals surface area contributed by atoms with Crippen LogP contribution in [0.25, 0.3) is 0 Å². The lowest BCUT2D eigenvalue weighted by Gasteiger charge is -2.11. The van der Waals surface area contributed by atoms with Gasteiger partial charge in [0.05, 0.1) is 5.02 Å². The molecule has 0 aromatic heterocycles. The molecule has 1 rings (SSSR count). The van der Waals surface area contributed by atoms with E-state index in [-0.39, 0.29) is 16.5 Å². The number of sulfonamides is 1. The highest BCUT2D eigenvalue weighted by Crippen LogP contribution is 2.22. The number of aliphatic hydroxyl groups is 1. The molecule has 4 nitrogen and oxygen atoms in total. The van der Waals surface area contributed by atoms with Crippen LogP contribution in [0.4, 0.5) is 0 Å². The van der Waals surface area contributed by atoms with Crippen LogP contribution in [-0.4, -0.2) is 38.2 Å². The molecule has 1 unspecified atom stereocenters. The van der Waals surface area contributed by atoms with E-state index in [0.717, 1.165) is 6.42 Å². The van der Waals surface area contributed by atoms with Gasteiger partial charge in [-0.2, -0.15) is 11.8 Å². The van der Waals surface area contributed by atoms with Crippen molar-refractivity contribution in [1.29, 1.82) is 0 Å². The van der Waals surface area contributed by atoms with Gasteiger partial charge in [0.1, 0.15) is 11.5 Å². The van der Waals surface area contributed by atoms with E-state index in [9.17, 15) is 8.42 Å². The fourth-order valence-corrected chi connectivity index (χ4v) is 3.47. The highest BCUT2D eigenvalue weighted by Gasteiger charge is 2.17. The summed E-state index contributed by atoms with van der Waals surface area (Å²) in [7, 11) is -3.62. The van der Waals surface area contributed by atoms with Gasteiger partial charge >= 0.3 is 0 Å². The van der Waals surface area contributed by atoms with Crippen LogP contribution >= 0.6 is 23.4 Å². The molecule has 0 heterocycles. The summed E-state index contributed by atoms with van der Waals surface area (Å²) in [5.41, 5.74) is 0.559. The third-order valence-corrected chi connectivity index (χ3v) is 5.76. The molecular formula is C14H18ClNO3S2. The molecule has 7 heteroatoms. The molecular weight excluding hydrogens is 330 g/mol. The first-order valence-electron chi connectivity index (χ1n) is 6.32. The van der Waals surface area contributed by atoms with Crippen molar-refractivity contribution >= 4 is 33.4 Å². The first kappa shape index (κ1) is 18.3. The lowest BCUT2D eigenvalue weighted by molar-refractivity contribution is 0.350. The van der Waals surface area contributed by atoms with Crippen molar-refractivity contribution in [2.75, 3.05) is 19.4 Å². The first-order valence-corrected chi connectivity index (χ1v) is 9.47. The number of rotatable bonds is 6. The lowest BCUT2D eigenvalue weighted by atomic mass is 10.2. The zero-order chi connectivity index (χ0) is 15.9. The second kappa shape index (κ2) is 8.66. The number of thioether (sulfide) groups is 1. The summed E-state index contributed by atoms with van der Waals surface area (Å²) in [5, 5.41) is 9.13. The summed E-state index contributed by atoms with van der Waals surface area (Å²) in [5.74, 6) is 5.16. The number of hydrogen-bond donors (Lipinski definition) is 2. The molecule has 21 heavy (non-hydrogen) atoms. The topological polar surface area (TPSA) is 66.4 Å². The number of halogens is 1. The standard InChI is InChI=1S/C14H18ClNO3S2/c1-11(20-2)7-8-16-21(18,19)14-6-5-12(4-3-9-17)10-13(14)15/h5-6,10-11,16-17H,7-9H2,1-2H3. The maximum atomic E-state index is 12.2. The van der Waals surface area contributed by atoms with Gasteiger partial charge in [0, 0.05) is 17.4 Å². The predicted octanol–water partition coefficient (Wildman–Crippen LogP) is 2.10. The van der Waals surface area contributed by atoms with Gasteiger partial charge < -0.3 is 5.11 Å².